The predicted molar refractivity (Wildman–Crippen MR) is 78.3 cm³/mol. The molecular weight excluding hydrogens is 236 g/mol. The minimum Gasteiger partial charge on any atom is -0.436 e. The largest absolute Gasteiger partial charge is 0.436 e. The maximum Gasteiger partial charge on any atom is 0.227 e. The van der Waals surface area contributed by atoms with E-state index in [1.165, 1.54) is 5.56 Å². The van der Waals surface area contributed by atoms with Gasteiger partial charge < -0.3 is 9.73 Å². The summed E-state index contributed by atoms with van der Waals surface area (Å²) < 4.78 is 5.78. The maximum absolute atomic E-state index is 5.78. The van der Waals surface area contributed by atoms with Crippen LogP contribution in [0.15, 0.2) is 46.9 Å². The molecule has 0 spiro atoms. The third-order valence-electron chi connectivity index (χ3n) is 3.06. The lowest BCUT2D eigenvalue weighted by atomic mass is 10.2. The molecule has 3 nitrogen and oxygen atoms in total. The summed E-state index contributed by atoms with van der Waals surface area (Å²) in [5.74, 6) is 0.670. The number of oxazole rings is 1. The van der Waals surface area contributed by atoms with E-state index in [1.807, 2.05) is 42.5 Å². The lowest BCUT2D eigenvalue weighted by molar-refractivity contribution is 0.620. The zero-order chi connectivity index (χ0) is 13.2. The first-order valence-electron chi connectivity index (χ1n) is 6.48. The van der Waals surface area contributed by atoms with Gasteiger partial charge in [-0.25, -0.2) is 4.98 Å². The molecule has 0 amide bonds. The molecule has 0 atom stereocenters. The van der Waals surface area contributed by atoms with Gasteiger partial charge in [0, 0.05) is 17.8 Å². The average Bonchev–Trinajstić information content (AvgIpc) is 2.83. The van der Waals surface area contributed by atoms with Gasteiger partial charge in [0.05, 0.1) is 0 Å². The fourth-order valence-corrected chi connectivity index (χ4v) is 2.10. The molecule has 3 rings (SSSR count). The summed E-state index contributed by atoms with van der Waals surface area (Å²) in [6.45, 7) is 5.05. The number of benzene rings is 2. The van der Waals surface area contributed by atoms with Gasteiger partial charge in [0.15, 0.2) is 5.58 Å². The van der Waals surface area contributed by atoms with Gasteiger partial charge in [-0.3, -0.25) is 0 Å². The molecule has 0 saturated heterocycles. The van der Waals surface area contributed by atoms with E-state index in [2.05, 4.69) is 24.1 Å². The van der Waals surface area contributed by atoms with Crippen LogP contribution in [0.5, 0.6) is 0 Å². The van der Waals surface area contributed by atoms with Gasteiger partial charge in [-0.15, -0.1) is 0 Å². The van der Waals surface area contributed by atoms with Crippen LogP contribution < -0.4 is 5.32 Å². The summed E-state index contributed by atoms with van der Waals surface area (Å²) in [4.78, 5) is 4.53. The molecule has 3 heteroatoms. The van der Waals surface area contributed by atoms with E-state index in [-0.39, 0.29) is 0 Å². The molecule has 0 radical (unpaired) electrons. The highest BCUT2D eigenvalue weighted by atomic mass is 16.3. The molecule has 96 valence electrons. The zero-order valence-electron chi connectivity index (χ0n) is 11.1. The van der Waals surface area contributed by atoms with Crippen LogP contribution in [0, 0.1) is 6.92 Å². The van der Waals surface area contributed by atoms with Crippen molar-refractivity contribution in [3.63, 3.8) is 0 Å². The SMILES string of the molecule is CCNc1ccc(-c2nc3cc(C)ccc3o2)cc1. The number of aromatic nitrogens is 1. The van der Waals surface area contributed by atoms with Crippen LogP contribution >= 0.6 is 0 Å². The highest BCUT2D eigenvalue weighted by Gasteiger charge is 2.07. The van der Waals surface area contributed by atoms with E-state index in [0.717, 1.165) is 28.9 Å². The van der Waals surface area contributed by atoms with Crippen molar-refractivity contribution >= 4 is 16.8 Å². The second kappa shape index (κ2) is 4.76. The first kappa shape index (κ1) is 11.8. The third kappa shape index (κ3) is 2.32. The highest BCUT2D eigenvalue weighted by Crippen LogP contribution is 2.25. The van der Waals surface area contributed by atoms with Crippen LogP contribution in [0.4, 0.5) is 5.69 Å². The number of anilines is 1. The van der Waals surface area contributed by atoms with Crippen LogP contribution in [0.3, 0.4) is 0 Å². The first-order chi connectivity index (χ1) is 9.26. The fourth-order valence-electron chi connectivity index (χ4n) is 2.10. The quantitative estimate of drug-likeness (QED) is 0.757. The molecule has 1 heterocycles. The Morgan fingerprint density at radius 1 is 1.11 bits per heavy atom. The van der Waals surface area contributed by atoms with E-state index < -0.39 is 0 Å². The lowest BCUT2D eigenvalue weighted by Crippen LogP contribution is -1.95. The zero-order valence-corrected chi connectivity index (χ0v) is 11.1. The van der Waals surface area contributed by atoms with Gasteiger partial charge in [-0.1, -0.05) is 6.07 Å². The van der Waals surface area contributed by atoms with Crippen LogP contribution in [-0.4, -0.2) is 11.5 Å². The Morgan fingerprint density at radius 3 is 2.63 bits per heavy atom. The monoisotopic (exact) mass is 252 g/mol. The van der Waals surface area contributed by atoms with Crippen molar-refractivity contribution in [1.29, 1.82) is 0 Å². The van der Waals surface area contributed by atoms with Crippen molar-refractivity contribution in [2.75, 3.05) is 11.9 Å². The molecule has 0 fully saturated rings. The molecule has 0 saturated carbocycles. The van der Waals surface area contributed by atoms with Crippen LogP contribution in [-0.2, 0) is 0 Å². The minimum atomic E-state index is 0.670. The molecule has 2 aromatic carbocycles. The van der Waals surface area contributed by atoms with Crippen molar-refractivity contribution in [2.45, 2.75) is 13.8 Å². The van der Waals surface area contributed by atoms with Gasteiger partial charge in [-0.05, 0) is 55.8 Å². The number of nitrogens with zero attached hydrogens (tertiary/aromatic N) is 1. The number of hydrogen-bond acceptors (Lipinski definition) is 3. The van der Waals surface area contributed by atoms with Gasteiger partial charge in [0.25, 0.3) is 0 Å². The summed E-state index contributed by atoms with van der Waals surface area (Å²) in [5.41, 5.74) is 5.03. The number of fused-ring (bicyclic) bond motifs is 1. The van der Waals surface area contributed by atoms with Crippen LogP contribution in [0.1, 0.15) is 12.5 Å². The number of rotatable bonds is 3. The van der Waals surface area contributed by atoms with E-state index in [9.17, 15) is 0 Å². The molecule has 19 heavy (non-hydrogen) atoms. The Hall–Kier alpha value is -2.29. The summed E-state index contributed by atoms with van der Waals surface area (Å²) in [6, 6.07) is 14.2. The summed E-state index contributed by atoms with van der Waals surface area (Å²) in [5, 5.41) is 3.27. The molecule has 3 aromatic rings. The third-order valence-corrected chi connectivity index (χ3v) is 3.06. The van der Waals surface area contributed by atoms with E-state index in [4.69, 9.17) is 4.42 Å². The molecule has 0 aliphatic rings. The molecule has 0 aliphatic carbocycles. The van der Waals surface area contributed by atoms with Crippen molar-refractivity contribution in [2.24, 2.45) is 0 Å². The Bertz CT molecular complexity index is 698. The Balaban J connectivity index is 1.99. The van der Waals surface area contributed by atoms with E-state index in [0.29, 0.717) is 5.89 Å². The fraction of sp³-hybridized carbons (Fsp3) is 0.188. The minimum absolute atomic E-state index is 0.670. The van der Waals surface area contributed by atoms with E-state index in [1.54, 1.807) is 0 Å². The smallest absolute Gasteiger partial charge is 0.227 e. The standard InChI is InChI=1S/C16H16N2O/c1-3-17-13-7-5-12(6-8-13)16-18-14-10-11(2)4-9-15(14)19-16/h4-10,17H,3H2,1-2H3. The molecule has 0 unspecified atom stereocenters. The second-order valence-electron chi connectivity index (χ2n) is 4.60. The Morgan fingerprint density at radius 2 is 1.89 bits per heavy atom. The first-order valence-corrected chi connectivity index (χ1v) is 6.48. The van der Waals surface area contributed by atoms with Gasteiger partial charge >= 0.3 is 0 Å². The van der Waals surface area contributed by atoms with Gasteiger partial charge in [0.1, 0.15) is 5.52 Å². The van der Waals surface area contributed by atoms with Gasteiger partial charge in [0.2, 0.25) is 5.89 Å². The van der Waals surface area contributed by atoms with Crippen molar-refractivity contribution in [1.82, 2.24) is 4.98 Å². The average molecular weight is 252 g/mol. The predicted octanol–water partition coefficient (Wildman–Crippen LogP) is 4.24. The molecule has 1 aromatic heterocycles. The molecular formula is C16H16N2O. The lowest BCUT2D eigenvalue weighted by Gasteiger charge is -2.02. The van der Waals surface area contributed by atoms with Crippen molar-refractivity contribution in [3.8, 4) is 11.5 Å². The topological polar surface area (TPSA) is 38.1 Å². The summed E-state index contributed by atoms with van der Waals surface area (Å²) in [7, 11) is 0. The number of nitrogens with one attached hydrogen (secondary N) is 1. The second-order valence-corrected chi connectivity index (χ2v) is 4.60. The Kier molecular flexibility index (Phi) is 2.95. The molecule has 1 N–H and O–H groups in total. The highest BCUT2D eigenvalue weighted by molar-refractivity contribution is 5.77. The van der Waals surface area contributed by atoms with Crippen LogP contribution in [0.2, 0.25) is 0 Å². The number of aryl methyl sites for hydroxylation is 1. The Labute approximate surface area is 112 Å². The summed E-state index contributed by atoms with van der Waals surface area (Å²) >= 11 is 0. The van der Waals surface area contributed by atoms with Gasteiger partial charge in [-0.2, -0.15) is 0 Å². The van der Waals surface area contributed by atoms with E-state index >= 15 is 0 Å². The van der Waals surface area contributed by atoms with Crippen molar-refractivity contribution in [3.05, 3.63) is 48.0 Å². The van der Waals surface area contributed by atoms with Crippen molar-refractivity contribution < 1.29 is 4.42 Å². The summed E-state index contributed by atoms with van der Waals surface area (Å²) in [6.07, 6.45) is 0. The maximum atomic E-state index is 5.78. The molecule has 0 bridgehead atoms. The normalized spacial score (nSPS) is 10.8. The van der Waals surface area contributed by atoms with Crippen LogP contribution in [0.25, 0.3) is 22.6 Å². The molecule has 0 aliphatic heterocycles. The number of hydrogen-bond donors (Lipinski definition) is 1.